The molecule has 23 heavy (non-hydrogen) atoms. The zero-order chi connectivity index (χ0) is 16.8. The van der Waals surface area contributed by atoms with Gasteiger partial charge in [0.25, 0.3) is 5.91 Å². The van der Waals surface area contributed by atoms with Crippen LogP contribution >= 0.6 is 0 Å². The van der Waals surface area contributed by atoms with Crippen molar-refractivity contribution in [3.05, 3.63) is 47.2 Å². The van der Waals surface area contributed by atoms with E-state index in [1.165, 1.54) is 0 Å². The standard InChI is InChI=1S/C19H23NO3/c1-12-13(2)23-17(14-8-6-5-7-9-14)16(12)18(22)20-10-15(21)19(3,4)11-20/h5-9,15,21H,10-11H2,1-4H3. The molecule has 0 saturated carbocycles. The summed E-state index contributed by atoms with van der Waals surface area (Å²) in [5.74, 6) is 1.30. The molecule has 1 saturated heterocycles. The smallest absolute Gasteiger partial charge is 0.258 e. The predicted molar refractivity (Wildman–Crippen MR) is 89.3 cm³/mol. The van der Waals surface area contributed by atoms with Crippen LogP contribution in [0.15, 0.2) is 34.7 Å². The summed E-state index contributed by atoms with van der Waals surface area (Å²) in [6, 6.07) is 9.68. The van der Waals surface area contributed by atoms with E-state index in [9.17, 15) is 9.90 Å². The Labute approximate surface area is 136 Å². The molecule has 0 spiro atoms. The molecule has 0 aliphatic carbocycles. The highest BCUT2D eigenvalue weighted by Crippen LogP contribution is 2.35. The monoisotopic (exact) mass is 313 g/mol. The van der Waals surface area contributed by atoms with Gasteiger partial charge in [-0.1, -0.05) is 44.2 Å². The average Bonchev–Trinajstić information content (AvgIpc) is 2.96. The summed E-state index contributed by atoms with van der Waals surface area (Å²) >= 11 is 0. The number of nitrogens with zero attached hydrogens (tertiary/aromatic N) is 1. The fraction of sp³-hybridized carbons (Fsp3) is 0.421. The van der Waals surface area contributed by atoms with Crippen LogP contribution in [0, 0.1) is 19.3 Å². The number of aryl methyl sites for hydroxylation is 1. The fourth-order valence-corrected chi connectivity index (χ4v) is 3.11. The molecule has 4 heteroatoms. The SMILES string of the molecule is Cc1oc(-c2ccccc2)c(C(=O)N2CC(O)C(C)(C)C2)c1C. The second-order valence-corrected chi connectivity index (χ2v) is 7.04. The van der Waals surface area contributed by atoms with Crippen LogP contribution in [-0.2, 0) is 0 Å². The first-order chi connectivity index (χ1) is 10.8. The number of furan rings is 1. The van der Waals surface area contributed by atoms with Gasteiger partial charge in [0.15, 0.2) is 0 Å². The first kappa shape index (κ1) is 15.8. The molecule has 1 amide bonds. The molecule has 0 bridgehead atoms. The van der Waals surface area contributed by atoms with Crippen molar-refractivity contribution in [2.24, 2.45) is 5.41 Å². The number of β-amino-alcohol motifs (C(OH)–C–C–N with tert-alkyl or cyclic N) is 1. The number of carbonyl (C=O) groups is 1. The van der Waals surface area contributed by atoms with Crippen LogP contribution in [0.5, 0.6) is 0 Å². The summed E-state index contributed by atoms with van der Waals surface area (Å²) in [4.78, 5) is 14.8. The minimum absolute atomic E-state index is 0.0668. The Morgan fingerprint density at radius 2 is 1.91 bits per heavy atom. The summed E-state index contributed by atoms with van der Waals surface area (Å²) in [7, 11) is 0. The first-order valence-corrected chi connectivity index (χ1v) is 7.94. The van der Waals surface area contributed by atoms with Gasteiger partial charge < -0.3 is 14.4 Å². The van der Waals surface area contributed by atoms with E-state index in [1.54, 1.807) is 4.90 Å². The highest BCUT2D eigenvalue weighted by molar-refractivity contribution is 6.01. The summed E-state index contributed by atoms with van der Waals surface area (Å²) in [5, 5.41) is 10.2. The summed E-state index contributed by atoms with van der Waals surface area (Å²) in [5.41, 5.74) is 2.09. The number of amides is 1. The number of benzene rings is 1. The van der Waals surface area contributed by atoms with Gasteiger partial charge in [0.05, 0.1) is 11.7 Å². The van der Waals surface area contributed by atoms with Crippen molar-refractivity contribution in [3.8, 4) is 11.3 Å². The van der Waals surface area contributed by atoms with Crippen molar-refractivity contribution in [3.63, 3.8) is 0 Å². The van der Waals surface area contributed by atoms with Crippen LogP contribution in [-0.4, -0.2) is 35.1 Å². The van der Waals surface area contributed by atoms with Crippen molar-refractivity contribution in [2.45, 2.75) is 33.8 Å². The second kappa shape index (κ2) is 5.53. The van der Waals surface area contributed by atoms with Crippen molar-refractivity contribution in [2.75, 3.05) is 13.1 Å². The normalized spacial score (nSPS) is 20.0. The highest BCUT2D eigenvalue weighted by atomic mass is 16.3. The summed E-state index contributed by atoms with van der Waals surface area (Å²) in [6.07, 6.45) is -0.500. The van der Waals surface area contributed by atoms with Crippen LogP contribution in [0.3, 0.4) is 0 Å². The van der Waals surface area contributed by atoms with Gasteiger partial charge in [0.2, 0.25) is 0 Å². The minimum Gasteiger partial charge on any atom is -0.460 e. The van der Waals surface area contributed by atoms with E-state index in [-0.39, 0.29) is 11.3 Å². The quantitative estimate of drug-likeness (QED) is 0.924. The molecule has 1 aromatic heterocycles. The molecule has 1 N–H and O–H groups in total. The Morgan fingerprint density at radius 1 is 1.26 bits per heavy atom. The molecule has 1 aliphatic rings. The van der Waals surface area contributed by atoms with E-state index in [4.69, 9.17) is 4.42 Å². The Hall–Kier alpha value is -2.07. The fourth-order valence-electron chi connectivity index (χ4n) is 3.11. The van der Waals surface area contributed by atoms with Crippen LogP contribution in [0.4, 0.5) is 0 Å². The second-order valence-electron chi connectivity index (χ2n) is 7.04. The zero-order valence-electron chi connectivity index (χ0n) is 14.1. The molecule has 1 aromatic carbocycles. The Morgan fingerprint density at radius 3 is 2.48 bits per heavy atom. The molecular weight excluding hydrogens is 290 g/mol. The number of hydrogen-bond donors (Lipinski definition) is 1. The van der Waals surface area contributed by atoms with Crippen molar-refractivity contribution in [1.29, 1.82) is 0 Å². The molecule has 1 aliphatic heterocycles. The molecule has 2 aromatic rings. The van der Waals surface area contributed by atoms with Gasteiger partial charge in [0.1, 0.15) is 11.5 Å². The molecule has 2 heterocycles. The third-order valence-corrected chi connectivity index (χ3v) is 4.82. The van der Waals surface area contributed by atoms with Crippen LogP contribution in [0.1, 0.15) is 35.5 Å². The number of likely N-dealkylation sites (tertiary alicyclic amines) is 1. The third-order valence-electron chi connectivity index (χ3n) is 4.82. The summed E-state index contributed by atoms with van der Waals surface area (Å²) < 4.78 is 5.88. The first-order valence-electron chi connectivity index (χ1n) is 7.94. The lowest BCUT2D eigenvalue weighted by molar-refractivity contribution is 0.0762. The molecule has 1 atom stereocenters. The lowest BCUT2D eigenvalue weighted by Crippen LogP contribution is -2.30. The lowest BCUT2D eigenvalue weighted by atomic mass is 9.90. The Bertz CT molecular complexity index is 731. The molecule has 122 valence electrons. The molecular formula is C19H23NO3. The van der Waals surface area contributed by atoms with Gasteiger partial charge in [-0.15, -0.1) is 0 Å². The maximum Gasteiger partial charge on any atom is 0.258 e. The highest BCUT2D eigenvalue weighted by Gasteiger charge is 2.41. The number of carbonyl (C=O) groups excluding carboxylic acids is 1. The van der Waals surface area contributed by atoms with E-state index in [1.807, 2.05) is 58.0 Å². The molecule has 4 nitrogen and oxygen atoms in total. The molecule has 1 unspecified atom stereocenters. The van der Waals surface area contributed by atoms with Crippen molar-refractivity contribution < 1.29 is 14.3 Å². The Kier molecular flexibility index (Phi) is 3.80. The minimum atomic E-state index is -0.500. The number of hydrogen-bond acceptors (Lipinski definition) is 3. The van der Waals surface area contributed by atoms with E-state index < -0.39 is 6.10 Å². The van der Waals surface area contributed by atoms with Crippen molar-refractivity contribution >= 4 is 5.91 Å². The van der Waals surface area contributed by atoms with Gasteiger partial charge >= 0.3 is 0 Å². The maximum absolute atomic E-state index is 13.1. The molecule has 1 fully saturated rings. The maximum atomic E-state index is 13.1. The van der Waals surface area contributed by atoms with Crippen LogP contribution in [0.25, 0.3) is 11.3 Å². The van der Waals surface area contributed by atoms with Gasteiger partial charge in [-0.25, -0.2) is 0 Å². The van der Waals surface area contributed by atoms with E-state index in [0.717, 1.165) is 16.9 Å². The van der Waals surface area contributed by atoms with Gasteiger partial charge in [-0.05, 0) is 13.8 Å². The average molecular weight is 313 g/mol. The Balaban J connectivity index is 2.02. The van der Waals surface area contributed by atoms with Gasteiger partial charge in [0, 0.05) is 29.6 Å². The number of aliphatic hydroxyl groups is 1. The molecule has 0 radical (unpaired) electrons. The van der Waals surface area contributed by atoms with Crippen LogP contribution in [0.2, 0.25) is 0 Å². The molecule has 3 rings (SSSR count). The van der Waals surface area contributed by atoms with Crippen LogP contribution < -0.4 is 0 Å². The lowest BCUT2D eigenvalue weighted by Gasteiger charge is -2.21. The van der Waals surface area contributed by atoms with E-state index in [2.05, 4.69) is 0 Å². The predicted octanol–water partition coefficient (Wildman–Crippen LogP) is 3.41. The van der Waals surface area contributed by atoms with E-state index in [0.29, 0.717) is 24.4 Å². The van der Waals surface area contributed by atoms with Crippen molar-refractivity contribution in [1.82, 2.24) is 4.90 Å². The third kappa shape index (κ3) is 2.68. The zero-order valence-corrected chi connectivity index (χ0v) is 14.1. The summed E-state index contributed by atoms with van der Waals surface area (Å²) in [6.45, 7) is 8.67. The van der Waals surface area contributed by atoms with Gasteiger partial charge in [-0.3, -0.25) is 4.79 Å². The van der Waals surface area contributed by atoms with E-state index >= 15 is 0 Å². The topological polar surface area (TPSA) is 53.7 Å². The van der Waals surface area contributed by atoms with Gasteiger partial charge in [-0.2, -0.15) is 0 Å². The number of rotatable bonds is 2. The largest absolute Gasteiger partial charge is 0.460 e. The number of aliphatic hydroxyl groups excluding tert-OH is 1.